The first-order chi connectivity index (χ1) is 10.5. The van der Waals surface area contributed by atoms with Gasteiger partial charge in [0.25, 0.3) is 0 Å². The molecule has 0 aromatic heterocycles. The smallest absolute Gasteiger partial charge is 0.414 e. The molecule has 1 atom stereocenters. The zero-order valence-corrected chi connectivity index (χ0v) is 11.9. The van der Waals surface area contributed by atoms with Crippen LogP contribution < -0.4 is 5.32 Å². The topological polar surface area (TPSA) is 125 Å². The van der Waals surface area contributed by atoms with Gasteiger partial charge < -0.3 is 30.1 Å². The highest BCUT2D eigenvalue weighted by atomic mass is 16.5. The fourth-order valence-electron chi connectivity index (χ4n) is 1.68. The Labute approximate surface area is 127 Å². The van der Waals surface area contributed by atoms with Crippen molar-refractivity contribution in [3.8, 4) is 5.75 Å². The van der Waals surface area contributed by atoms with Crippen LogP contribution in [0.15, 0.2) is 24.3 Å². The zero-order chi connectivity index (χ0) is 16.4. The Morgan fingerprint density at radius 3 is 2.59 bits per heavy atom. The number of rotatable bonds is 4. The number of morpholine rings is 1. The maximum Gasteiger partial charge on any atom is 0.414 e. The second kappa shape index (κ2) is 9.72. The highest BCUT2D eigenvalue weighted by Crippen LogP contribution is 2.11. The normalized spacial score (nSPS) is 17.2. The molecule has 8 heteroatoms. The monoisotopic (exact) mass is 313 g/mol. The molecule has 122 valence electrons. The quantitative estimate of drug-likeness (QED) is 0.575. The highest BCUT2D eigenvalue weighted by Gasteiger charge is 2.12. The summed E-state index contributed by atoms with van der Waals surface area (Å²) >= 11 is 0. The summed E-state index contributed by atoms with van der Waals surface area (Å²) < 4.78 is 11.0. The van der Waals surface area contributed by atoms with Crippen LogP contribution in [-0.4, -0.2) is 59.7 Å². The van der Waals surface area contributed by atoms with Crippen LogP contribution in [0.2, 0.25) is 0 Å². The fourth-order valence-corrected chi connectivity index (χ4v) is 1.68. The predicted molar refractivity (Wildman–Crippen MR) is 75.6 cm³/mol. The molecular weight excluding hydrogens is 294 g/mol. The standard InChI is InChI=1S/C12H17NO3.C2H2O4/c14-11-3-1-2-10(6-11)8-15-9-12-7-13-4-5-16-12;3-1(4)2(5)6/h1-3,6,12-14H,4-5,7-9H2;(H,3,4)(H,5,6). The molecule has 0 saturated carbocycles. The van der Waals surface area contributed by atoms with Gasteiger partial charge >= 0.3 is 11.9 Å². The van der Waals surface area contributed by atoms with E-state index in [0.717, 1.165) is 25.3 Å². The minimum atomic E-state index is -1.82. The van der Waals surface area contributed by atoms with Gasteiger partial charge in [-0.25, -0.2) is 9.59 Å². The maximum absolute atomic E-state index is 9.27. The SMILES string of the molecule is O=C(O)C(=O)O.Oc1cccc(COCC2CNCCO2)c1. The lowest BCUT2D eigenvalue weighted by Crippen LogP contribution is -2.40. The molecule has 0 aliphatic carbocycles. The number of phenolic OH excluding ortho intramolecular Hbond substituents is 1. The third-order valence-electron chi connectivity index (χ3n) is 2.67. The van der Waals surface area contributed by atoms with E-state index < -0.39 is 11.9 Å². The van der Waals surface area contributed by atoms with Crippen molar-refractivity contribution < 1.29 is 34.4 Å². The second-order valence-electron chi connectivity index (χ2n) is 4.49. The van der Waals surface area contributed by atoms with Crippen LogP contribution in [0.1, 0.15) is 5.56 Å². The summed E-state index contributed by atoms with van der Waals surface area (Å²) in [6.07, 6.45) is 0.144. The first kappa shape index (κ1) is 17.9. The van der Waals surface area contributed by atoms with Crippen LogP contribution in [-0.2, 0) is 25.7 Å². The Bertz CT molecular complexity index is 474. The van der Waals surface area contributed by atoms with Gasteiger partial charge in [-0.2, -0.15) is 0 Å². The van der Waals surface area contributed by atoms with Gasteiger partial charge in [-0.3, -0.25) is 0 Å². The largest absolute Gasteiger partial charge is 0.508 e. The van der Waals surface area contributed by atoms with Crippen LogP contribution in [0.3, 0.4) is 0 Å². The van der Waals surface area contributed by atoms with Crippen LogP contribution in [0, 0.1) is 0 Å². The van der Waals surface area contributed by atoms with E-state index in [4.69, 9.17) is 29.3 Å². The van der Waals surface area contributed by atoms with Crippen LogP contribution in [0.4, 0.5) is 0 Å². The first-order valence-electron chi connectivity index (χ1n) is 6.63. The van der Waals surface area contributed by atoms with E-state index in [1.165, 1.54) is 0 Å². The summed E-state index contributed by atoms with van der Waals surface area (Å²) in [6.45, 7) is 3.61. The summed E-state index contributed by atoms with van der Waals surface area (Å²) in [5.74, 6) is -3.37. The Morgan fingerprint density at radius 2 is 2.05 bits per heavy atom. The average Bonchev–Trinajstić information content (AvgIpc) is 2.49. The highest BCUT2D eigenvalue weighted by molar-refractivity contribution is 6.27. The molecule has 2 rings (SSSR count). The number of phenols is 1. The Morgan fingerprint density at radius 1 is 1.32 bits per heavy atom. The van der Waals surface area contributed by atoms with Gasteiger partial charge in [0.2, 0.25) is 0 Å². The van der Waals surface area contributed by atoms with E-state index >= 15 is 0 Å². The van der Waals surface area contributed by atoms with E-state index in [1.54, 1.807) is 12.1 Å². The molecule has 4 N–H and O–H groups in total. The Hall–Kier alpha value is -2.16. The molecule has 0 amide bonds. The molecule has 1 fully saturated rings. The summed E-state index contributed by atoms with van der Waals surface area (Å²) in [7, 11) is 0. The van der Waals surface area contributed by atoms with Gasteiger partial charge in [0.05, 0.1) is 25.9 Å². The molecule has 1 aliphatic rings. The third kappa shape index (κ3) is 7.58. The van der Waals surface area contributed by atoms with Crippen LogP contribution in [0.25, 0.3) is 0 Å². The number of hydrogen-bond acceptors (Lipinski definition) is 6. The second-order valence-corrected chi connectivity index (χ2v) is 4.49. The molecule has 1 aromatic carbocycles. The van der Waals surface area contributed by atoms with Crippen molar-refractivity contribution in [1.29, 1.82) is 0 Å². The van der Waals surface area contributed by atoms with Crippen LogP contribution >= 0.6 is 0 Å². The molecule has 0 spiro atoms. The van der Waals surface area contributed by atoms with E-state index in [-0.39, 0.29) is 11.9 Å². The fraction of sp³-hybridized carbons (Fsp3) is 0.429. The van der Waals surface area contributed by atoms with E-state index in [9.17, 15) is 5.11 Å². The first-order valence-corrected chi connectivity index (χ1v) is 6.63. The molecule has 22 heavy (non-hydrogen) atoms. The van der Waals surface area contributed by atoms with Gasteiger partial charge in [-0.1, -0.05) is 12.1 Å². The third-order valence-corrected chi connectivity index (χ3v) is 2.67. The van der Waals surface area contributed by atoms with Crippen molar-refractivity contribution in [3.05, 3.63) is 29.8 Å². The number of carboxylic acids is 2. The summed E-state index contributed by atoms with van der Waals surface area (Å²) in [6, 6.07) is 7.10. The number of carbonyl (C=O) groups is 2. The lowest BCUT2D eigenvalue weighted by Gasteiger charge is -2.23. The van der Waals surface area contributed by atoms with Crippen molar-refractivity contribution in [3.63, 3.8) is 0 Å². The average molecular weight is 313 g/mol. The van der Waals surface area contributed by atoms with Crippen LogP contribution in [0.5, 0.6) is 5.75 Å². The minimum Gasteiger partial charge on any atom is -0.508 e. The number of aliphatic carboxylic acids is 2. The maximum atomic E-state index is 9.27. The van der Waals surface area contributed by atoms with E-state index in [2.05, 4.69) is 5.32 Å². The number of hydrogen-bond donors (Lipinski definition) is 4. The van der Waals surface area contributed by atoms with Gasteiger partial charge in [-0.15, -0.1) is 0 Å². The van der Waals surface area contributed by atoms with Crippen molar-refractivity contribution >= 4 is 11.9 Å². The van der Waals surface area contributed by atoms with Crippen molar-refractivity contribution in [2.45, 2.75) is 12.7 Å². The molecule has 1 aromatic rings. The molecular formula is C14H19NO7. The molecule has 1 heterocycles. The summed E-state index contributed by atoms with van der Waals surface area (Å²) in [5.41, 5.74) is 0.976. The van der Waals surface area contributed by atoms with E-state index in [1.807, 2.05) is 12.1 Å². The van der Waals surface area contributed by atoms with E-state index in [0.29, 0.717) is 13.2 Å². The number of carboxylic acid groups (broad SMARTS) is 2. The predicted octanol–water partition coefficient (Wildman–Crippen LogP) is 0.0528. The van der Waals surface area contributed by atoms with Crippen molar-refractivity contribution in [1.82, 2.24) is 5.32 Å². The molecule has 1 aliphatic heterocycles. The number of nitrogens with one attached hydrogen (secondary N) is 1. The minimum absolute atomic E-state index is 0.144. The van der Waals surface area contributed by atoms with Gasteiger partial charge in [-0.05, 0) is 17.7 Å². The summed E-state index contributed by atoms with van der Waals surface area (Å²) in [5, 5.41) is 27.3. The zero-order valence-electron chi connectivity index (χ0n) is 11.9. The Balaban J connectivity index is 0.000000346. The molecule has 0 bridgehead atoms. The van der Waals surface area contributed by atoms with Gasteiger partial charge in [0, 0.05) is 13.1 Å². The van der Waals surface area contributed by atoms with Gasteiger partial charge in [0.15, 0.2) is 0 Å². The molecule has 1 unspecified atom stereocenters. The molecule has 8 nitrogen and oxygen atoms in total. The number of ether oxygens (including phenoxy) is 2. The van der Waals surface area contributed by atoms with Crippen molar-refractivity contribution in [2.24, 2.45) is 0 Å². The number of aromatic hydroxyl groups is 1. The van der Waals surface area contributed by atoms with Crippen molar-refractivity contribution in [2.75, 3.05) is 26.3 Å². The van der Waals surface area contributed by atoms with Gasteiger partial charge in [0.1, 0.15) is 5.75 Å². The molecule has 1 saturated heterocycles. The lowest BCUT2D eigenvalue weighted by atomic mass is 10.2. The number of benzene rings is 1. The summed E-state index contributed by atoms with van der Waals surface area (Å²) in [4.78, 5) is 18.2. The Kier molecular flexibility index (Phi) is 7.90. The molecule has 0 radical (unpaired) electrons. The lowest BCUT2D eigenvalue weighted by molar-refractivity contribution is -0.159.